The van der Waals surface area contributed by atoms with Gasteiger partial charge in [0.05, 0.1) is 0 Å². The molecule has 3 aromatic carbocycles. The van der Waals surface area contributed by atoms with Gasteiger partial charge in [-0.1, -0.05) is 29.8 Å². The molecule has 27 heavy (non-hydrogen) atoms. The van der Waals surface area contributed by atoms with Gasteiger partial charge in [0.2, 0.25) is 0 Å². The molecule has 5 heteroatoms. The number of ether oxygens (including phenoxy) is 1. The SMILES string of the molecule is CC(C)(Oc1ccc(Cl)cc1)C(=O)Nc1ccc(Nc2ccccc2)cc1. The third kappa shape index (κ3) is 5.25. The van der Waals surface area contributed by atoms with Crippen molar-refractivity contribution in [3.05, 3.63) is 83.9 Å². The Morgan fingerprint density at radius 2 is 1.37 bits per heavy atom. The van der Waals surface area contributed by atoms with E-state index in [4.69, 9.17) is 16.3 Å². The number of amides is 1. The lowest BCUT2D eigenvalue weighted by Crippen LogP contribution is -2.42. The van der Waals surface area contributed by atoms with Crippen LogP contribution in [0.3, 0.4) is 0 Å². The molecular weight excluding hydrogens is 360 g/mol. The Balaban J connectivity index is 1.61. The van der Waals surface area contributed by atoms with Crippen LogP contribution in [0.5, 0.6) is 5.75 Å². The number of para-hydroxylation sites is 1. The molecule has 3 rings (SSSR count). The molecule has 2 N–H and O–H groups in total. The van der Waals surface area contributed by atoms with Crippen molar-refractivity contribution in [3.63, 3.8) is 0 Å². The number of halogens is 1. The van der Waals surface area contributed by atoms with Gasteiger partial charge in [0.1, 0.15) is 5.75 Å². The summed E-state index contributed by atoms with van der Waals surface area (Å²) < 4.78 is 5.81. The third-order valence-electron chi connectivity index (χ3n) is 3.94. The van der Waals surface area contributed by atoms with Gasteiger partial charge in [-0.25, -0.2) is 0 Å². The topological polar surface area (TPSA) is 50.4 Å². The second-order valence-corrected chi connectivity index (χ2v) is 7.03. The lowest BCUT2D eigenvalue weighted by molar-refractivity contribution is -0.128. The number of nitrogens with one attached hydrogen (secondary N) is 2. The normalized spacial score (nSPS) is 10.9. The summed E-state index contributed by atoms with van der Waals surface area (Å²) in [6.45, 7) is 3.45. The highest BCUT2D eigenvalue weighted by Crippen LogP contribution is 2.23. The molecule has 0 bridgehead atoms. The summed E-state index contributed by atoms with van der Waals surface area (Å²) in [4.78, 5) is 12.6. The summed E-state index contributed by atoms with van der Waals surface area (Å²) >= 11 is 5.88. The largest absolute Gasteiger partial charge is 0.478 e. The van der Waals surface area contributed by atoms with Crippen molar-refractivity contribution >= 4 is 34.6 Å². The van der Waals surface area contributed by atoms with Gasteiger partial charge in [0.25, 0.3) is 5.91 Å². The zero-order valence-electron chi connectivity index (χ0n) is 15.2. The zero-order chi connectivity index (χ0) is 19.3. The molecule has 138 valence electrons. The Hall–Kier alpha value is -2.98. The van der Waals surface area contributed by atoms with Gasteiger partial charge in [-0.3, -0.25) is 4.79 Å². The summed E-state index contributed by atoms with van der Waals surface area (Å²) in [6.07, 6.45) is 0. The van der Waals surface area contributed by atoms with Gasteiger partial charge >= 0.3 is 0 Å². The van der Waals surface area contributed by atoms with Crippen molar-refractivity contribution in [2.45, 2.75) is 19.4 Å². The van der Waals surface area contributed by atoms with Gasteiger partial charge < -0.3 is 15.4 Å². The molecule has 0 aliphatic heterocycles. The van der Waals surface area contributed by atoms with Gasteiger partial charge in [-0.15, -0.1) is 0 Å². The molecule has 0 atom stereocenters. The smallest absolute Gasteiger partial charge is 0.267 e. The maximum Gasteiger partial charge on any atom is 0.267 e. The van der Waals surface area contributed by atoms with Crippen LogP contribution in [0.2, 0.25) is 5.02 Å². The monoisotopic (exact) mass is 380 g/mol. The molecule has 0 aromatic heterocycles. The van der Waals surface area contributed by atoms with Crippen LogP contribution in [0.1, 0.15) is 13.8 Å². The van der Waals surface area contributed by atoms with Crippen LogP contribution >= 0.6 is 11.6 Å². The average Bonchev–Trinajstić information content (AvgIpc) is 2.66. The Kier molecular flexibility index (Phi) is 5.67. The van der Waals surface area contributed by atoms with E-state index in [1.807, 2.05) is 54.6 Å². The van der Waals surface area contributed by atoms with Crippen molar-refractivity contribution in [1.82, 2.24) is 0 Å². The molecule has 0 unspecified atom stereocenters. The number of carbonyl (C=O) groups excluding carboxylic acids is 1. The highest BCUT2D eigenvalue weighted by Gasteiger charge is 2.30. The molecule has 0 spiro atoms. The van der Waals surface area contributed by atoms with Crippen molar-refractivity contribution < 1.29 is 9.53 Å². The highest BCUT2D eigenvalue weighted by molar-refractivity contribution is 6.30. The molecule has 0 aliphatic carbocycles. The van der Waals surface area contributed by atoms with E-state index in [1.54, 1.807) is 38.1 Å². The molecule has 4 nitrogen and oxygen atoms in total. The lowest BCUT2D eigenvalue weighted by atomic mass is 10.1. The van der Waals surface area contributed by atoms with E-state index in [-0.39, 0.29) is 5.91 Å². The van der Waals surface area contributed by atoms with E-state index in [9.17, 15) is 4.79 Å². The third-order valence-corrected chi connectivity index (χ3v) is 4.19. The molecule has 0 saturated carbocycles. The number of rotatable bonds is 6. The van der Waals surface area contributed by atoms with E-state index in [0.29, 0.717) is 16.5 Å². The minimum Gasteiger partial charge on any atom is -0.478 e. The molecule has 1 amide bonds. The first kappa shape index (κ1) is 18.8. The average molecular weight is 381 g/mol. The summed E-state index contributed by atoms with van der Waals surface area (Å²) in [7, 11) is 0. The summed E-state index contributed by atoms with van der Waals surface area (Å²) in [5.41, 5.74) is 1.61. The minimum atomic E-state index is -1.03. The molecule has 3 aromatic rings. The zero-order valence-corrected chi connectivity index (χ0v) is 16.0. The fourth-order valence-electron chi connectivity index (χ4n) is 2.45. The van der Waals surface area contributed by atoms with Crippen LogP contribution in [0.4, 0.5) is 17.1 Å². The molecule has 0 radical (unpaired) electrons. The fraction of sp³-hybridized carbons (Fsp3) is 0.136. The first-order valence-electron chi connectivity index (χ1n) is 8.60. The van der Waals surface area contributed by atoms with E-state index >= 15 is 0 Å². The first-order chi connectivity index (χ1) is 12.9. The molecule has 0 aliphatic rings. The Bertz CT molecular complexity index is 892. The number of hydrogen-bond acceptors (Lipinski definition) is 3. The van der Waals surface area contributed by atoms with Gasteiger partial charge in [-0.2, -0.15) is 0 Å². The number of anilines is 3. The maximum atomic E-state index is 12.6. The second kappa shape index (κ2) is 8.14. The molecular formula is C22H21ClN2O2. The Morgan fingerprint density at radius 1 is 0.815 bits per heavy atom. The maximum absolute atomic E-state index is 12.6. The van der Waals surface area contributed by atoms with Crippen molar-refractivity contribution in [1.29, 1.82) is 0 Å². The minimum absolute atomic E-state index is 0.235. The van der Waals surface area contributed by atoms with Crippen molar-refractivity contribution in [3.8, 4) is 5.75 Å². The predicted molar refractivity (Wildman–Crippen MR) is 111 cm³/mol. The summed E-state index contributed by atoms with van der Waals surface area (Å²) in [5, 5.41) is 6.81. The Morgan fingerprint density at radius 3 is 2.00 bits per heavy atom. The summed E-state index contributed by atoms with van der Waals surface area (Å²) in [5.74, 6) is 0.350. The first-order valence-corrected chi connectivity index (χ1v) is 8.98. The summed E-state index contributed by atoms with van der Waals surface area (Å²) in [6, 6.07) is 24.3. The molecule has 0 saturated heterocycles. The second-order valence-electron chi connectivity index (χ2n) is 6.59. The number of carbonyl (C=O) groups is 1. The quantitative estimate of drug-likeness (QED) is 0.561. The highest BCUT2D eigenvalue weighted by atomic mass is 35.5. The van der Waals surface area contributed by atoms with Gasteiger partial charge in [0.15, 0.2) is 5.60 Å². The van der Waals surface area contributed by atoms with Crippen LogP contribution in [0.15, 0.2) is 78.9 Å². The van der Waals surface area contributed by atoms with Crippen LogP contribution in [0.25, 0.3) is 0 Å². The lowest BCUT2D eigenvalue weighted by Gasteiger charge is -2.25. The number of benzene rings is 3. The van der Waals surface area contributed by atoms with Gasteiger partial charge in [-0.05, 0) is 74.5 Å². The van der Waals surface area contributed by atoms with E-state index in [0.717, 1.165) is 11.4 Å². The van der Waals surface area contributed by atoms with E-state index in [2.05, 4.69) is 10.6 Å². The fourth-order valence-corrected chi connectivity index (χ4v) is 2.58. The van der Waals surface area contributed by atoms with Crippen LogP contribution in [0, 0.1) is 0 Å². The van der Waals surface area contributed by atoms with Crippen molar-refractivity contribution in [2.75, 3.05) is 10.6 Å². The standard InChI is InChI=1S/C22H21ClN2O2/c1-22(2,27-20-14-8-16(23)9-15-20)21(26)25-19-12-10-18(11-13-19)24-17-6-4-3-5-7-17/h3-15,24H,1-2H3,(H,25,26). The predicted octanol–water partition coefficient (Wildman–Crippen LogP) is 5.88. The molecule has 0 heterocycles. The van der Waals surface area contributed by atoms with Gasteiger partial charge in [0, 0.05) is 22.1 Å². The van der Waals surface area contributed by atoms with E-state index < -0.39 is 5.60 Å². The Labute approximate surface area is 164 Å². The van der Waals surface area contributed by atoms with Crippen LogP contribution < -0.4 is 15.4 Å². The van der Waals surface area contributed by atoms with Crippen LogP contribution in [-0.2, 0) is 4.79 Å². The number of hydrogen-bond donors (Lipinski definition) is 2. The van der Waals surface area contributed by atoms with Crippen LogP contribution in [-0.4, -0.2) is 11.5 Å². The van der Waals surface area contributed by atoms with E-state index in [1.165, 1.54) is 0 Å². The van der Waals surface area contributed by atoms with Crippen molar-refractivity contribution in [2.24, 2.45) is 0 Å². The molecule has 0 fully saturated rings.